The molecule has 0 radical (unpaired) electrons. The Kier molecular flexibility index (Phi) is 11.9. The quantitative estimate of drug-likeness (QED) is 0.117. The van der Waals surface area contributed by atoms with Crippen LogP contribution in [0, 0.1) is 0 Å². The van der Waals surface area contributed by atoms with Crippen LogP contribution < -0.4 is 4.90 Å². The van der Waals surface area contributed by atoms with Gasteiger partial charge in [0, 0.05) is 90.2 Å². The van der Waals surface area contributed by atoms with Crippen LogP contribution in [-0.4, -0.2) is 20.8 Å². The molecule has 0 saturated carbocycles. The molecule has 0 amide bonds. The number of hydrogen-bond acceptors (Lipinski definition) is 2. The highest BCUT2D eigenvalue weighted by Gasteiger charge is 2.36. The summed E-state index contributed by atoms with van der Waals surface area (Å²) in [5.74, 6) is 0.358. The summed E-state index contributed by atoms with van der Waals surface area (Å²) in [6.07, 6.45) is 24.7. The fourth-order valence-corrected chi connectivity index (χ4v) is 12.1. The minimum absolute atomic E-state index is 0.118. The second kappa shape index (κ2) is 18.9. The van der Waals surface area contributed by atoms with E-state index < -0.39 is 0 Å². The van der Waals surface area contributed by atoms with Crippen molar-refractivity contribution in [2.24, 2.45) is 0 Å². The summed E-state index contributed by atoms with van der Waals surface area (Å²) in [6, 6.07) is 53.2. The molecule has 7 aromatic carbocycles. The molecule has 2 aliphatic rings. The highest BCUT2D eigenvalue weighted by atomic mass is 15.1. The number of nitrogens with one attached hydrogen (secondary N) is 1. The van der Waals surface area contributed by atoms with Gasteiger partial charge in [-0.1, -0.05) is 192 Å². The molecule has 4 nitrogen and oxygen atoms in total. The van der Waals surface area contributed by atoms with Crippen LogP contribution in [0.1, 0.15) is 68.4 Å². The molecule has 1 atom stereocenters. The van der Waals surface area contributed by atoms with Gasteiger partial charge in [0.05, 0.1) is 22.1 Å². The second-order valence-electron chi connectivity index (χ2n) is 20.7. The minimum atomic E-state index is -0.118. The molecule has 366 valence electrons. The number of aromatic nitrogens is 2. The molecule has 3 heterocycles. The zero-order valence-electron chi connectivity index (χ0n) is 43.7. The monoisotopic (exact) mass is 970 g/mol. The van der Waals surface area contributed by atoms with Gasteiger partial charge in [-0.15, -0.1) is 0 Å². The number of hydrogen-bond donors (Lipinski definition) is 1. The van der Waals surface area contributed by atoms with Gasteiger partial charge in [0.2, 0.25) is 0 Å². The molecule has 12 rings (SSSR count). The smallest absolute Gasteiger partial charge is 0.0620 e. The molecule has 0 spiro atoms. The van der Waals surface area contributed by atoms with E-state index in [0.717, 1.165) is 56.9 Å². The average Bonchev–Trinajstić information content (AvgIpc) is 4.21. The normalized spacial score (nSPS) is 17.0. The van der Waals surface area contributed by atoms with Crippen molar-refractivity contribution < 1.29 is 0 Å². The van der Waals surface area contributed by atoms with E-state index in [1.54, 1.807) is 0 Å². The third-order valence-corrected chi connectivity index (χ3v) is 16.2. The topological polar surface area (TPSA) is 26.7 Å². The predicted molar refractivity (Wildman–Crippen MR) is 323 cm³/mol. The van der Waals surface area contributed by atoms with Gasteiger partial charge in [-0.05, 0) is 120 Å². The van der Waals surface area contributed by atoms with Crippen molar-refractivity contribution in [3.05, 3.63) is 283 Å². The molecule has 3 aromatic heterocycles. The van der Waals surface area contributed by atoms with Gasteiger partial charge >= 0.3 is 0 Å². The van der Waals surface area contributed by atoms with Gasteiger partial charge < -0.3 is 19.2 Å². The maximum atomic E-state index is 4.72. The number of rotatable bonds is 13. The summed E-state index contributed by atoms with van der Waals surface area (Å²) in [4.78, 5) is 8.51. The van der Waals surface area contributed by atoms with Crippen molar-refractivity contribution in [3.63, 3.8) is 0 Å². The summed E-state index contributed by atoms with van der Waals surface area (Å²) in [5, 5.41) is 7.28. The highest BCUT2D eigenvalue weighted by Crippen LogP contribution is 2.49. The Labute approximate surface area is 441 Å². The van der Waals surface area contributed by atoms with Gasteiger partial charge in [-0.2, -0.15) is 0 Å². The van der Waals surface area contributed by atoms with Crippen molar-refractivity contribution >= 4 is 82.4 Å². The first-order valence-electron chi connectivity index (χ1n) is 26.3. The zero-order chi connectivity index (χ0) is 51.5. The van der Waals surface area contributed by atoms with Gasteiger partial charge in [-0.3, -0.25) is 0 Å². The standard InChI is InChI=1S/C71H62N4/c1-9-12-13-21-38-73(52(11-3)42-51-41-50-25-17-18-28-55(50)47(51)5)46(4)40-49(10-2)57-30-22-31-59-62-45-68-64(44-66(62)72-69(57)59)61-33-23-32-60-63-43-54(36-37-67(63)75(68)70(60)61)74(53-26-15-14-16-27-53)39-24-34-56-48(6)71(7,8)65-35-20-19-29-58(56)65/h9-37,39-40,42-45,47,72H,2,4,6,38,41H2,1,3,5,7-8H3/b12-9-,21-13-,39-24+,49-40+,51-42+,52-11+,56-34+. The molecule has 0 saturated heterocycles. The van der Waals surface area contributed by atoms with E-state index in [4.69, 9.17) is 6.58 Å². The summed E-state index contributed by atoms with van der Waals surface area (Å²) in [7, 11) is 0. The Morgan fingerprint density at radius 2 is 1.49 bits per heavy atom. The average molecular weight is 971 g/mol. The predicted octanol–water partition coefficient (Wildman–Crippen LogP) is 18.8. The van der Waals surface area contributed by atoms with E-state index in [9.17, 15) is 0 Å². The third-order valence-electron chi connectivity index (χ3n) is 16.2. The number of anilines is 2. The Hall–Kier alpha value is -8.86. The van der Waals surface area contributed by atoms with E-state index in [1.165, 1.54) is 82.3 Å². The number of H-pyrrole nitrogens is 1. The Bertz CT molecular complexity index is 4190. The second-order valence-corrected chi connectivity index (χ2v) is 20.7. The maximum Gasteiger partial charge on any atom is 0.0620 e. The van der Waals surface area contributed by atoms with Crippen molar-refractivity contribution in [1.82, 2.24) is 14.3 Å². The molecular formula is C71H62N4. The Morgan fingerprint density at radius 3 is 2.28 bits per heavy atom. The lowest BCUT2D eigenvalue weighted by Crippen LogP contribution is -2.21. The Balaban J connectivity index is 0.927. The number of fused-ring (bicyclic) bond motifs is 11. The molecule has 2 aliphatic carbocycles. The SMILES string of the molecule is C=C/C(=C\C(=C)N(C/C=C\C=C/C)C(/C=C1\Cc2ccccc2C1C)=C/C)c1cccc2c1[nH]c1cc3c4cccc5c6cc(N(/C=C/C=C7\C(=C)C(C)(C)c8ccccc87)c7ccccc7)ccc6n(c3cc12)c54. The first-order chi connectivity index (χ1) is 36.6. The van der Waals surface area contributed by atoms with Crippen molar-refractivity contribution in [1.29, 1.82) is 0 Å². The lowest BCUT2D eigenvalue weighted by Gasteiger charge is -2.26. The first kappa shape index (κ1) is 47.2. The molecule has 0 bridgehead atoms. The summed E-state index contributed by atoms with van der Waals surface area (Å²) < 4.78 is 2.48. The van der Waals surface area contributed by atoms with Crippen LogP contribution in [0.15, 0.2) is 255 Å². The number of allylic oxidation sites excluding steroid dienone is 13. The Morgan fingerprint density at radius 1 is 0.747 bits per heavy atom. The lowest BCUT2D eigenvalue weighted by atomic mass is 9.83. The number of benzene rings is 7. The van der Waals surface area contributed by atoms with Gasteiger partial charge in [0.1, 0.15) is 0 Å². The number of para-hydroxylation sites is 3. The van der Waals surface area contributed by atoms with Crippen LogP contribution >= 0.6 is 0 Å². The minimum Gasteiger partial charge on any atom is -0.354 e. The van der Waals surface area contributed by atoms with Crippen LogP contribution in [0.3, 0.4) is 0 Å². The summed E-state index contributed by atoms with van der Waals surface area (Å²) in [5.41, 5.74) is 21.1. The molecule has 1 unspecified atom stereocenters. The summed E-state index contributed by atoms with van der Waals surface area (Å²) >= 11 is 0. The molecule has 0 aliphatic heterocycles. The fraction of sp³-hybridized carbons (Fsp3) is 0.127. The molecule has 0 fully saturated rings. The number of nitrogens with zero attached hydrogens (tertiary/aromatic N) is 3. The molecule has 1 N–H and O–H groups in total. The first-order valence-corrected chi connectivity index (χ1v) is 26.3. The van der Waals surface area contributed by atoms with Crippen LogP contribution in [0.4, 0.5) is 11.4 Å². The van der Waals surface area contributed by atoms with Crippen LogP contribution in [0.2, 0.25) is 0 Å². The van der Waals surface area contributed by atoms with Crippen LogP contribution in [-0.2, 0) is 11.8 Å². The van der Waals surface area contributed by atoms with Crippen LogP contribution in [0.25, 0.3) is 71.0 Å². The number of aromatic amines is 1. The molecule has 10 aromatic rings. The van der Waals surface area contributed by atoms with Gasteiger partial charge in [-0.25, -0.2) is 0 Å². The third kappa shape index (κ3) is 7.83. The molecule has 75 heavy (non-hydrogen) atoms. The van der Waals surface area contributed by atoms with Crippen molar-refractivity contribution in [3.8, 4) is 0 Å². The van der Waals surface area contributed by atoms with E-state index in [2.05, 4.69) is 267 Å². The largest absolute Gasteiger partial charge is 0.354 e. The zero-order valence-corrected chi connectivity index (χ0v) is 43.7. The van der Waals surface area contributed by atoms with Crippen molar-refractivity contribution in [2.75, 3.05) is 11.4 Å². The van der Waals surface area contributed by atoms with E-state index in [1.807, 2.05) is 13.0 Å². The lowest BCUT2D eigenvalue weighted by molar-refractivity contribution is 0.503. The van der Waals surface area contributed by atoms with Gasteiger partial charge in [0.25, 0.3) is 0 Å². The molecule has 4 heteroatoms. The van der Waals surface area contributed by atoms with Gasteiger partial charge in [0.15, 0.2) is 0 Å². The fourth-order valence-electron chi connectivity index (χ4n) is 12.1. The molecular weight excluding hydrogens is 909 g/mol. The summed E-state index contributed by atoms with van der Waals surface area (Å²) in [6.45, 7) is 25.4. The van der Waals surface area contributed by atoms with E-state index in [-0.39, 0.29) is 5.41 Å². The van der Waals surface area contributed by atoms with Crippen molar-refractivity contribution in [2.45, 2.75) is 52.4 Å². The van der Waals surface area contributed by atoms with E-state index in [0.29, 0.717) is 12.5 Å². The van der Waals surface area contributed by atoms with E-state index >= 15 is 0 Å². The highest BCUT2D eigenvalue weighted by molar-refractivity contribution is 6.26. The van der Waals surface area contributed by atoms with Crippen LogP contribution in [0.5, 0.6) is 0 Å². The maximum absolute atomic E-state index is 4.72.